The summed E-state index contributed by atoms with van der Waals surface area (Å²) in [7, 11) is 0. The Kier molecular flexibility index (Phi) is 13.1. The van der Waals surface area contributed by atoms with Crippen molar-refractivity contribution >= 4 is 29.2 Å². The summed E-state index contributed by atoms with van der Waals surface area (Å²) in [6.45, 7) is 14.0. The fourth-order valence-corrected chi connectivity index (χ4v) is 13.6. The lowest BCUT2D eigenvalue weighted by Crippen LogP contribution is -2.57. The average Bonchev–Trinajstić information content (AvgIpc) is 4.26. The van der Waals surface area contributed by atoms with Crippen LogP contribution < -0.4 is 20.9 Å². The Labute approximate surface area is 448 Å². The molecule has 0 bridgehead atoms. The van der Waals surface area contributed by atoms with Gasteiger partial charge in [0, 0.05) is 92.2 Å². The van der Waals surface area contributed by atoms with Crippen molar-refractivity contribution in [2.45, 2.75) is 133 Å². The zero-order valence-corrected chi connectivity index (χ0v) is 44.5. The molecule has 3 saturated heterocycles. The fraction of sp³-hybridized carbons (Fsp3) is 0.475. The van der Waals surface area contributed by atoms with Crippen molar-refractivity contribution < 1.29 is 28.8 Å². The van der Waals surface area contributed by atoms with Gasteiger partial charge in [-0.1, -0.05) is 78.8 Å². The van der Waals surface area contributed by atoms with E-state index in [1.54, 1.807) is 29.2 Å². The lowest BCUT2D eigenvalue weighted by Gasteiger charge is -2.60. The number of phenols is 1. The monoisotopic (exact) mass is 1040 g/mol. The van der Waals surface area contributed by atoms with Crippen molar-refractivity contribution in [1.29, 1.82) is 0 Å². The number of piperidine rings is 1. The van der Waals surface area contributed by atoms with E-state index in [-0.39, 0.29) is 42.0 Å². The second-order valence-electron chi connectivity index (χ2n) is 23.4. The molecule has 7 heterocycles. The molecule has 2 unspecified atom stereocenters. The van der Waals surface area contributed by atoms with Crippen molar-refractivity contribution in [2.24, 2.45) is 16.5 Å². The summed E-state index contributed by atoms with van der Waals surface area (Å²) in [5.74, 6) is 1.91. The molecule has 2 aliphatic carbocycles. The molecule has 1 amide bonds. The third-order valence-corrected chi connectivity index (χ3v) is 17.7. The summed E-state index contributed by atoms with van der Waals surface area (Å²) in [6, 6.07) is 25.5. The summed E-state index contributed by atoms with van der Waals surface area (Å²) in [6.07, 6.45) is 10.4. The molecule has 6 atom stereocenters. The topological polar surface area (TPSA) is 208 Å². The van der Waals surface area contributed by atoms with Gasteiger partial charge < -0.3 is 50.2 Å². The van der Waals surface area contributed by atoms with Gasteiger partial charge in [-0.15, -0.1) is 10.2 Å². The lowest BCUT2D eigenvalue weighted by atomic mass is 9.49. The number of oxime groups is 1. The maximum atomic E-state index is 14.6. The maximum absolute atomic E-state index is 14.6. The largest absolute Gasteiger partial charge is 0.507 e. The van der Waals surface area contributed by atoms with Crippen LogP contribution in [0.5, 0.6) is 5.75 Å². The van der Waals surface area contributed by atoms with Crippen LogP contribution >= 0.6 is 0 Å². The van der Waals surface area contributed by atoms with Crippen molar-refractivity contribution in [3.05, 3.63) is 126 Å². The first-order chi connectivity index (χ1) is 37.1. The van der Waals surface area contributed by atoms with E-state index in [1.165, 1.54) is 24.5 Å². The fourth-order valence-electron chi connectivity index (χ4n) is 13.6. The molecular formula is C59H69FN12O5. The molecule has 12 rings (SSSR count). The van der Waals surface area contributed by atoms with E-state index in [0.29, 0.717) is 77.0 Å². The summed E-state index contributed by atoms with van der Waals surface area (Å²) in [5, 5.41) is 42.4. The quantitative estimate of drug-likeness (QED) is 0.0906. The van der Waals surface area contributed by atoms with Crippen LogP contribution in [0.3, 0.4) is 0 Å². The number of amides is 1. The zero-order chi connectivity index (χ0) is 53.3. The molecule has 2 saturated carbocycles. The van der Waals surface area contributed by atoms with Crippen LogP contribution in [-0.2, 0) is 15.4 Å². The minimum absolute atomic E-state index is 0.0857. The number of halogens is 1. The number of nitrogens with zero attached hydrogens (tertiary/aromatic N) is 10. The number of β-amino-alcohol motifs (C(OH)–C–C–N with tert-alkyl or cyclic N) is 1. The number of piperazine rings is 1. The van der Waals surface area contributed by atoms with Crippen LogP contribution in [0.25, 0.3) is 22.4 Å². The third kappa shape index (κ3) is 9.50. The average molecular weight is 1050 g/mol. The minimum Gasteiger partial charge on any atom is -0.507 e. The predicted octanol–water partition coefficient (Wildman–Crippen LogP) is 8.53. The highest BCUT2D eigenvalue weighted by Gasteiger charge is 2.55. The maximum Gasteiger partial charge on any atom is 0.234 e. The number of hydrogen-bond acceptors (Lipinski definition) is 16. The first-order valence-electron chi connectivity index (χ1n) is 27.5. The molecule has 3 aromatic carbocycles. The molecule has 1 spiro atoms. The number of phenolic OH excluding ortho intramolecular Hbond substituents is 1. The SMILES string of the molecule is CC(C)[C@@H](C(=O)N1C[C@H](O)C[C@H]1C1=NO[C@@](C)(c2ccc(-c3ccccc3F)cc2)N1)c1cc([C@H]2CC3(C2)C[C@H](N2CCC(c4cnc(N5C(C)CN(c6cc(-c7ccccc7O)nnc6N)CC5C)nc4)CC2)C3)no1. The number of para-hydroxylation sites is 1. The number of aromatic nitrogens is 5. The molecule has 17 nitrogen and oxygen atoms in total. The van der Waals surface area contributed by atoms with E-state index in [1.807, 2.05) is 87.8 Å². The normalized spacial score (nSPS) is 28.0. The number of nitrogens with two attached hydrogens (primary N) is 1. The number of carbonyl (C=O) groups excluding carboxylic acids is 1. The number of amidine groups is 1. The zero-order valence-electron chi connectivity index (χ0n) is 44.5. The smallest absolute Gasteiger partial charge is 0.234 e. The number of aliphatic hydroxyl groups excluding tert-OH is 1. The number of rotatable bonds is 12. The number of likely N-dealkylation sites (tertiary alicyclic amines) is 2. The van der Waals surface area contributed by atoms with Crippen LogP contribution in [0.1, 0.15) is 120 Å². The second-order valence-corrected chi connectivity index (χ2v) is 23.4. The summed E-state index contributed by atoms with van der Waals surface area (Å²) in [5.41, 5.74) is 11.9. The van der Waals surface area contributed by atoms with E-state index in [2.05, 4.69) is 54.4 Å². The number of hydrogen-bond donors (Lipinski definition) is 4. The Hall–Kier alpha value is -7.18. The molecule has 6 aliphatic rings. The van der Waals surface area contributed by atoms with Gasteiger partial charge >= 0.3 is 0 Å². The Balaban J connectivity index is 0.612. The number of carbonyl (C=O) groups is 1. The van der Waals surface area contributed by atoms with Gasteiger partial charge in [0.05, 0.1) is 29.2 Å². The molecule has 77 heavy (non-hydrogen) atoms. The van der Waals surface area contributed by atoms with E-state index < -0.39 is 23.8 Å². The van der Waals surface area contributed by atoms with Gasteiger partial charge in [0.1, 0.15) is 23.2 Å². The highest BCUT2D eigenvalue weighted by atomic mass is 19.1. The first-order valence-corrected chi connectivity index (χ1v) is 27.5. The van der Waals surface area contributed by atoms with Crippen molar-refractivity contribution in [3.8, 4) is 28.1 Å². The molecule has 402 valence electrons. The van der Waals surface area contributed by atoms with E-state index in [9.17, 15) is 19.4 Å². The number of nitrogens with one attached hydrogen (secondary N) is 1. The molecule has 5 fully saturated rings. The number of benzene rings is 3. The Morgan fingerprint density at radius 1 is 0.870 bits per heavy atom. The van der Waals surface area contributed by atoms with Crippen molar-refractivity contribution in [1.82, 2.24) is 40.4 Å². The third-order valence-electron chi connectivity index (χ3n) is 17.7. The van der Waals surface area contributed by atoms with Crippen LogP contribution in [0, 0.1) is 17.2 Å². The lowest BCUT2D eigenvalue weighted by molar-refractivity contribution is -0.134. The molecule has 3 aromatic heterocycles. The number of aromatic hydroxyl groups is 1. The Morgan fingerprint density at radius 3 is 2.25 bits per heavy atom. The van der Waals surface area contributed by atoms with Gasteiger partial charge in [-0.25, -0.2) is 14.4 Å². The molecular weight excluding hydrogens is 976 g/mol. The van der Waals surface area contributed by atoms with Crippen LogP contribution in [0.4, 0.5) is 21.8 Å². The molecule has 4 aliphatic heterocycles. The molecule has 0 radical (unpaired) electrons. The summed E-state index contributed by atoms with van der Waals surface area (Å²) < 4.78 is 20.6. The van der Waals surface area contributed by atoms with Gasteiger partial charge in [0.2, 0.25) is 17.6 Å². The minimum atomic E-state index is -1.02. The second kappa shape index (κ2) is 20.0. The predicted molar refractivity (Wildman–Crippen MR) is 291 cm³/mol. The standard InChI is InChI=1S/C59H69FN12O5/c1-34(2)53(56(75)71-33-43(73)22-50(71)55-64-58(5,77-68-55)41-16-14-38(15-17-41)44-10-6-8-12-46(44)60)52-24-47(67-76-52)39-25-59(26-39)27-42(28-59)69-20-18-37(19-21-69)40-29-62-57(63-30-40)72-35(3)31-70(32-36(72)4)49-23-48(65-66-54(49)61)45-11-7-9-13-51(45)74/h6-17,23-24,29-30,34-37,39,42-43,50,53,73-74H,18-22,25-28,31-33H2,1-5H3,(H2,61,66)(H,64,68)/t35?,36?,39-,42-,43-,50+,53-,58+,59?/m1/s1. The van der Waals surface area contributed by atoms with Crippen LogP contribution in [-0.4, -0.2) is 120 Å². The van der Waals surface area contributed by atoms with Gasteiger partial charge in [-0.2, -0.15) is 0 Å². The van der Waals surface area contributed by atoms with Crippen LogP contribution in [0.2, 0.25) is 0 Å². The van der Waals surface area contributed by atoms with Gasteiger partial charge in [-0.05, 0) is 118 Å². The summed E-state index contributed by atoms with van der Waals surface area (Å²) in [4.78, 5) is 39.4. The molecule has 18 heteroatoms. The summed E-state index contributed by atoms with van der Waals surface area (Å²) >= 11 is 0. The van der Waals surface area contributed by atoms with Crippen molar-refractivity contribution in [2.75, 3.05) is 48.3 Å². The van der Waals surface area contributed by atoms with Crippen LogP contribution in [0.15, 0.2) is 107 Å². The Bertz CT molecular complexity index is 3140. The van der Waals surface area contributed by atoms with E-state index in [4.69, 9.17) is 25.1 Å². The molecule has 5 N–H and O–H groups in total. The highest BCUT2D eigenvalue weighted by Crippen LogP contribution is 2.63. The first kappa shape index (κ1) is 50.6. The van der Waals surface area contributed by atoms with Gasteiger partial charge in [-0.3, -0.25) is 4.79 Å². The number of aliphatic hydroxyl groups is 1. The number of anilines is 3. The highest BCUT2D eigenvalue weighted by molar-refractivity contribution is 5.94. The Morgan fingerprint density at radius 2 is 1.56 bits per heavy atom. The van der Waals surface area contributed by atoms with E-state index >= 15 is 0 Å². The van der Waals surface area contributed by atoms with Crippen molar-refractivity contribution in [3.63, 3.8) is 0 Å². The van der Waals surface area contributed by atoms with Gasteiger partial charge in [0.25, 0.3) is 0 Å². The molecule has 6 aromatic rings. The number of nitrogen functional groups attached to an aromatic ring is 1. The van der Waals surface area contributed by atoms with E-state index in [0.717, 1.165) is 67.2 Å². The van der Waals surface area contributed by atoms with Gasteiger partial charge in [0.15, 0.2) is 11.7 Å².